The summed E-state index contributed by atoms with van der Waals surface area (Å²) in [5.41, 5.74) is 10.6. The van der Waals surface area contributed by atoms with Crippen molar-refractivity contribution in [3.05, 3.63) is 0 Å². The molecule has 0 spiro atoms. The number of primary amides is 1. The second-order valence-electron chi connectivity index (χ2n) is 6.03. The van der Waals surface area contributed by atoms with Crippen LogP contribution in [0, 0.1) is 0 Å². The molecule has 0 aromatic rings. The molecule has 4 heteroatoms. The summed E-state index contributed by atoms with van der Waals surface area (Å²) in [6.07, 6.45) is 9.64. The molecule has 0 radical (unpaired) electrons. The van der Waals surface area contributed by atoms with Crippen molar-refractivity contribution in [3.63, 3.8) is 0 Å². The van der Waals surface area contributed by atoms with E-state index in [1.54, 1.807) is 0 Å². The van der Waals surface area contributed by atoms with E-state index in [-0.39, 0.29) is 12.2 Å². The average molecular weight is 270 g/mol. The number of unbranched alkanes of at least 4 members (excludes halogenated alkanes) is 3. The van der Waals surface area contributed by atoms with Gasteiger partial charge < -0.3 is 16.2 Å². The standard InChI is InChI=1S/C15H30N2O2/c1-3-4-5-6-8-12(2)19-13-9-7-10-15(17,11-13)14(16)18/h12-13H,3-11,17H2,1-2H3,(H2,16,18). The van der Waals surface area contributed by atoms with Crippen molar-refractivity contribution >= 4 is 5.91 Å². The van der Waals surface area contributed by atoms with Crippen molar-refractivity contribution < 1.29 is 9.53 Å². The summed E-state index contributed by atoms with van der Waals surface area (Å²) in [7, 11) is 0. The third-order valence-electron chi connectivity index (χ3n) is 4.12. The Morgan fingerprint density at radius 2 is 2.16 bits per heavy atom. The van der Waals surface area contributed by atoms with Gasteiger partial charge in [-0.3, -0.25) is 4.79 Å². The highest BCUT2D eigenvalue weighted by molar-refractivity contribution is 5.84. The molecule has 0 aromatic carbocycles. The van der Waals surface area contributed by atoms with E-state index in [1.165, 1.54) is 25.7 Å². The first kappa shape index (κ1) is 16.4. The third kappa shape index (κ3) is 5.49. The summed E-state index contributed by atoms with van der Waals surface area (Å²) in [4.78, 5) is 11.4. The van der Waals surface area contributed by atoms with Gasteiger partial charge in [-0.15, -0.1) is 0 Å². The molecule has 3 unspecified atom stereocenters. The molecule has 4 nitrogen and oxygen atoms in total. The van der Waals surface area contributed by atoms with Crippen molar-refractivity contribution in [3.8, 4) is 0 Å². The molecule has 3 atom stereocenters. The Labute approximate surface area is 117 Å². The third-order valence-corrected chi connectivity index (χ3v) is 4.12. The first-order chi connectivity index (χ1) is 8.98. The highest BCUT2D eigenvalue weighted by Crippen LogP contribution is 2.29. The zero-order valence-electron chi connectivity index (χ0n) is 12.5. The Morgan fingerprint density at radius 1 is 1.42 bits per heavy atom. The quantitative estimate of drug-likeness (QED) is 0.665. The van der Waals surface area contributed by atoms with Crippen LogP contribution in [0.3, 0.4) is 0 Å². The molecule has 1 fully saturated rings. The van der Waals surface area contributed by atoms with Crippen LogP contribution >= 0.6 is 0 Å². The monoisotopic (exact) mass is 270 g/mol. The number of ether oxygens (including phenoxy) is 1. The van der Waals surface area contributed by atoms with Crippen molar-refractivity contribution in [1.29, 1.82) is 0 Å². The van der Waals surface area contributed by atoms with Gasteiger partial charge >= 0.3 is 0 Å². The number of hydrogen-bond donors (Lipinski definition) is 2. The minimum Gasteiger partial charge on any atom is -0.375 e. The van der Waals surface area contributed by atoms with Crippen molar-refractivity contribution in [2.45, 2.75) is 89.4 Å². The molecule has 0 heterocycles. The molecule has 1 saturated carbocycles. The minimum atomic E-state index is -0.856. The number of amides is 1. The molecule has 0 aromatic heterocycles. The van der Waals surface area contributed by atoms with Crippen LogP contribution in [-0.4, -0.2) is 23.7 Å². The maximum atomic E-state index is 11.4. The van der Waals surface area contributed by atoms with Gasteiger partial charge in [-0.25, -0.2) is 0 Å². The van der Waals surface area contributed by atoms with Gasteiger partial charge in [-0.1, -0.05) is 32.6 Å². The fraction of sp³-hybridized carbons (Fsp3) is 0.933. The Kier molecular flexibility index (Phi) is 6.80. The molecular formula is C15H30N2O2. The molecule has 1 amide bonds. The molecule has 1 aliphatic rings. The Morgan fingerprint density at radius 3 is 2.79 bits per heavy atom. The van der Waals surface area contributed by atoms with Crippen LogP contribution in [0.2, 0.25) is 0 Å². The number of carbonyl (C=O) groups is 1. The zero-order valence-corrected chi connectivity index (χ0v) is 12.5. The first-order valence-corrected chi connectivity index (χ1v) is 7.72. The SMILES string of the molecule is CCCCCCC(C)OC1CCCC(N)(C(N)=O)C1. The highest BCUT2D eigenvalue weighted by Gasteiger charge is 2.38. The van der Waals surface area contributed by atoms with Gasteiger partial charge in [-0.2, -0.15) is 0 Å². The number of rotatable bonds is 8. The molecule has 0 aliphatic heterocycles. The lowest BCUT2D eigenvalue weighted by atomic mass is 9.80. The van der Waals surface area contributed by atoms with Gasteiger partial charge in [0.05, 0.1) is 17.7 Å². The van der Waals surface area contributed by atoms with E-state index in [0.29, 0.717) is 12.8 Å². The van der Waals surface area contributed by atoms with Gasteiger partial charge in [-0.05, 0) is 32.6 Å². The van der Waals surface area contributed by atoms with Crippen molar-refractivity contribution in [2.75, 3.05) is 0 Å². The van der Waals surface area contributed by atoms with E-state index in [2.05, 4.69) is 13.8 Å². The van der Waals surface area contributed by atoms with Gasteiger partial charge in [0.2, 0.25) is 5.91 Å². The largest absolute Gasteiger partial charge is 0.375 e. The van der Waals surface area contributed by atoms with Crippen molar-refractivity contribution in [1.82, 2.24) is 0 Å². The first-order valence-electron chi connectivity index (χ1n) is 7.72. The fourth-order valence-electron chi connectivity index (χ4n) is 2.85. The molecule has 0 bridgehead atoms. The number of carbonyl (C=O) groups excluding carboxylic acids is 1. The highest BCUT2D eigenvalue weighted by atomic mass is 16.5. The summed E-state index contributed by atoms with van der Waals surface area (Å²) in [6, 6.07) is 0. The summed E-state index contributed by atoms with van der Waals surface area (Å²) in [5.74, 6) is -0.392. The second kappa shape index (κ2) is 7.85. The van der Waals surface area contributed by atoms with E-state index >= 15 is 0 Å². The predicted octanol–water partition coefficient (Wildman–Crippen LogP) is 2.49. The summed E-state index contributed by atoms with van der Waals surface area (Å²) < 4.78 is 6.03. The van der Waals surface area contributed by atoms with Crippen LogP contribution in [0.25, 0.3) is 0 Å². The number of nitrogens with two attached hydrogens (primary N) is 2. The Hall–Kier alpha value is -0.610. The summed E-state index contributed by atoms with van der Waals surface area (Å²) >= 11 is 0. The van der Waals surface area contributed by atoms with Crippen LogP contribution in [0.1, 0.15) is 71.6 Å². The van der Waals surface area contributed by atoms with E-state index in [9.17, 15) is 4.79 Å². The van der Waals surface area contributed by atoms with Crippen LogP contribution in [0.5, 0.6) is 0 Å². The molecule has 1 rings (SSSR count). The van der Waals surface area contributed by atoms with Gasteiger partial charge in [0, 0.05) is 6.42 Å². The topological polar surface area (TPSA) is 78.3 Å². The minimum absolute atomic E-state index is 0.0902. The average Bonchev–Trinajstić information content (AvgIpc) is 2.34. The van der Waals surface area contributed by atoms with Crippen LogP contribution in [0.15, 0.2) is 0 Å². The normalized spacial score (nSPS) is 29.1. The van der Waals surface area contributed by atoms with E-state index in [0.717, 1.165) is 19.3 Å². The van der Waals surface area contributed by atoms with Crippen molar-refractivity contribution in [2.24, 2.45) is 11.5 Å². The maximum absolute atomic E-state index is 11.4. The zero-order chi connectivity index (χ0) is 14.3. The van der Waals surface area contributed by atoms with Crippen LogP contribution in [0.4, 0.5) is 0 Å². The maximum Gasteiger partial charge on any atom is 0.237 e. The predicted molar refractivity (Wildman–Crippen MR) is 77.7 cm³/mol. The van der Waals surface area contributed by atoms with Crippen LogP contribution < -0.4 is 11.5 Å². The Bertz CT molecular complexity index is 283. The lowest BCUT2D eigenvalue weighted by molar-refractivity contribution is -0.127. The molecule has 19 heavy (non-hydrogen) atoms. The molecule has 1 aliphatic carbocycles. The van der Waals surface area contributed by atoms with E-state index < -0.39 is 11.4 Å². The van der Waals surface area contributed by atoms with E-state index in [1.807, 2.05) is 0 Å². The Balaban J connectivity index is 2.30. The van der Waals surface area contributed by atoms with Gasteiger partial charge in [0.1, 0.15) is 0 Å². The fourth-order valence-corrected chi connectivity index (χ4v) is 2.85. The van der Waals surface area contributed by atoms with Crippen LogP contribution in [-0.2, 0) is 9.53 Å². The molecule has 0 saturated heterocycles. The lowest BCUT2D eigenvalue weighted by Crippen LogP contribution is -2.56. The van der Waals surface area contributed by atoms with Gasteiger partial charge in [0.25, 0.3) is 0 Å². The number of hydrogen-bond acceptors (Lipinski definition) is 3. The molecular weight excluding hydrogens is 240 g/mol. The second-order valence-corrected chi connectivity index (χ2v) is 6.03. The molecule has 4 N–H and O–H groups in total. The van der Waals surface area contributed by atoms with Gasteiger partial charge in [0.15, 0.2) is 0 Å². The lowest BCUT2D eigenvalue weighted by Gasteiger charge is -2.36. The molecule has 112 valence electrons. The summed E-state index contributed by atoms with van der Waals surface area (Å²) in [5, 5.41) is 0. The summed E-state index contributed by atoms with van der Waals surface area (Å²) in [6.45, 7) is 4.33. The smallest absolute Gasteiger partial charge is 0.237 e. The van der Waals surface area contributed by atoms with E-state index in [4.69, 9.17) is 16.2 Å².